The van der Waals surface area contributed by atoms with Crippen LogP contribution in [-0.2, 0) is 11.2 Å². The molecule has 0 fully saturated rings. The van der Waals surface area contributed by atoms with Crippen molar-refractivity contribution >= 4 is 22.8 Å². The molecule has 0 aliphatic rings. The van der Waals surface area contributed by atoms with Crippen LogP contribution >= 0.6 is 0 Å². The fraction of sp³-hybridized carbons (Fsp3) is 0.238. The van der Waals surface area contributed by atoms with Gasteiger partial charge in [-0.3, -0.25) is 4.79 Å². The largest absolute Gasteiger partial charge is 0.497 e. The van der Waals surface area contributed by atoms with Gasteiger partial charge < -0.3 is 19.6 Å². The fourth-order valence-electron chi connectivity index (χ4n) is 2.90. The molecule has 0 unspecified atom stereocenters. The third-order valence-corrected chi connectivity index (χ3v) is 4.35. The van der Waals surface area contributed by atoms with E-state index >= 15 is 0 Å². The molecular weight excluding hydrogens is 346 g/mol. The van der Waals surface area contributed by atoms with Crippen molar-refractivity contribution in [1.82, 2.24) is 5.32 Å². The zero-order chi connectivity index (χ0) is 19.2. The number of hydrogen-bond acceptors (Lipinski definition) is 4. The first-order valence-electron chi connectivity index (χ1n) is 8.72. The molecule has 1 atom stereocenters. The lowest BCUT2D eigenvalue weighted by Crippen LogP contribution is -2.40. The maximum atomic E-state index is 12.4. The summed E-state index contributed by atoms with van der Waals surface area (Å²) in [5, 5.41) is 12.7. The highest BCUT2D eigenvalue weighted by molar-refractivity contribution is 5.98. The average Bonchev–Trinajstić information content (AvgIpc) is 3.11. The minimum absolute atomic E-state index is 0.0764. The third kappa shape index (κ3) is 4.67. The average molecular weight is 367 g/mol. The van der Waals surface area contributed by atoms with Gasteiger partial charge in [0.2, 0.25) is 0 Å². The van der Waals surface area contributed by atoms with Crippen molar-refractivity contribution in [3.63, 3.8) is 0 Å². The molecule has 6 heteroatoms. The maximum Gasteiger partial charge on any atom is 0.326 e. The van der Waals surface area contributed by atoms with E-state index in [4.69, 9.17) is 9.15 Å². The molecule has 3 aromatic rings. The molecule has 0 spiro atoms. The number of methoxy groups -OCH3 is 1. The van der Waals surface area contributed by atoms with Crippen LogP contribution in [0.5, 0.6) is 5.75 Å². The minimum atomic E-state index is -1.06. The molecule has 0 bridgehead atoms. The number of carbonyl (C=O) groups is 2. The molecule has 2 N–H and O–H groups in total. The molecule has 1 heterocycles. The molecule has 140 valence electrons. The van der Waals surface area contributed by atoms with Crippen molar-refractivity contribution in [3.8, 4) is 5.75 Å². The number of benzene rings is 2. The lowest BCUT2D eigenvalue weighted by molar-refractivity contribution is -0.139. The van der Waals surface area contributed by atoms with E-state index in [1.165, 1.54) is 0 Å². The topological polar surface area (TPSA) is 88.8 Å². The maximum absolute atomic E-state index is 12.4. The van der Waals surface area contributed by atoms with Crippen LogP contribution in [0.4, 0.5) is 0 Å². The van der Waals surface area contributed by atoms with Crippen LogP contribution in [0.15, 0.2) is 59.0 Å². The van der Waals surface area contributed by atoms with Crippen molar-refractivity contribution in [1.29, 1.82) is 0 Å². The smallest absolute Gasteiger partial charge is 0.326 e. The molecule has 2 aromatic carbocycles. The molecule has 0 aliphatic carbocycles. The number of hydrogen-bond donors (Lipinski definition) is 2. The van der Waals surface area contributed by atoms with Crippen LogP contribution in [0.2, 0.25) is 0 Å². The summed E-state index contributed by atoms with van der Waals surface area (Å²) in [6.07, 6.45) is 1.74. The first-order valence-corrected chi connectivity index (χ1v) is 8.72. The number of aliphatic carboxylic acids is 1. The number of carboxylic acids is 1. The van der Waals surface area contributed by atoms with Crippen LogP contribution in [0.3, 0.4) is 0 Å². The van der Waals surface area contributed by atoms with E-state index in [-0.39, 0.29) is 5.76 Å². The Bertz CT molecular complexity index is 932. The van der Waals surface area contributed by atoms with Gasteiger partial charge in [-0.2, -0.15) is 0 Å². The highest BCUT2D eigenvalue weighted by atomic mass is 16.5. The fourth-order valence-corrected chi connectivity index (χ4v) is 2.90. The molecule has 1 aromatic heterocycles. The Morgan fingerprint density at radius 2 is 1.93 bits per heavy atom. The van der Waals surface area contributed by atoms with E-state index in [1.54, 1.807) is 31.4 Å². The molecule has 1 amide bonds. The predicted molar refractivity (Wildman–Crippen MR) is 101 cm³/mol. The summed E-state index contributed by atoms with van der Waals surface area (Å²) >= 11 is 0. The van der Waals surface area contributed by atoms with Gasteiger partial charge in [0.25, 0.3) is 5.91 Å². The number of carbonyl (C=O) groups excluding carboxylic acids is 1. The molecule has 27 heavy (non-hydrogen) atoms. The Hall–Kier alpha value is -3.28. The van der Waals surface area contributed by atoms with Gasteiger partial charge in [-0.25, -0.2) is 4.79 Å². The highest BCUT2D eigenvalue weighted by Gasteiger charge is 2.22. The molecule has 0 aliphatic heterocycles. The number of furan rings is 1. The predicted octanol–water partition coefficient (Wildman–Crippen LogP) is 3.65. The standard InChI is InChI=1S/C21H21NO5/c1-26-16-10-11-18-15(12-16)13-19(27-18)20(23)22-17(21(24)25)9-5-8-14-6-3-2-4-7-14/h2-4,6-7,10-13,17H,5,8-9H2,1H3,(H,22,23)(H,24,25)/t17-/m0/s1. The summed E-state index contributed by atoms with van der Waals surface area (Å²) in [7, 11) is 1.56. The molecule has 0 saturated heterocycles. The summed E-state index contributed by atoms with van der Waals surface area (Å²) in [5.41, 5.74) is 1.68. The Morgan fingerprint density at radius 1 is 1.15 bits per heavy atom. The number of aryl methyl sites for hydroxylation is 1. The minimum Gasteiger partial charge on any atom is -0.497 e. The zero-order valence-corrected chi connectivity index (χ0v) is 15.0. The molecule has 0 radical (unpaired) electrons. The third-order valence-electron chi connectivity index (χ3n) is 4.35. The lowest BCUT2D eigenvalue weighted by Gasteiger charge is -2.13. The van der Waals surface area contributed by atoms with E-state index in [0.717, 1.165) is 17.4 Å². The SMILES string of the molecule is COc1ccc2oc(C(=O)N[C@@H](CCCc3ccccc3)C(=O)O)cc2c1. The van der Waals surface area contributed by atoms with Crippen molar-refractivity contribution < 1.29 is 23.8 Å². The second-order valence-electron chi connectivity index (χ2n) is 6.26. The van der Waals surface area contributed by atoms with Crippen molar-refractivity contribution in [2.45, 2.75) is 25.3 Å². The molecular formula is C21H21NO5. The van der Waals surface area contributed by atoms with Crippen molar-refractivity contribution in [2.75, 3.05) is 7.11 Å². The number of nitrogens with one attached hydrogen (secondary N) is 1. The molecule has 3 rings (SSSR count). The van der Waals surface area contributed by atoms with Gasteiger partial charge in [0.15, 0.2) is 5.76 Å². The van der Waals surface area contributed by atoms with E-state index in [1.807, 2.05) is 30.3 Å². The summed E-state index contributed by atoms with van der Waals surface area (Å²) in [6.45, 7) is 0. The van der Waals surface area contributed by atoms with Gasteiger partial charge in [-0.15, -0.1) is 0 Å². The summed E-state index contributed by atoms with van der Waals surface area (Å²) in [4.78, 5) is 23.9. The number of carboxylic acid groups (broad SMARTS) is 1. The second kappa shape index (κ2) is 8.40. The Morgan fingerprint density at radius 3 is 2.63 bits per heavy atom. The van der Waals surface area contributed by atoms with Gasteiger partial charge in [0, 0.05) is 5.39 Å². The van der Waals surface area contributed by atoms with Crippen LogP contribution in [0, 0.1) is 0 Å². The highest BCUT2D eigenvalue weighted by Crippen LogP contribution is 2.24. The Labute approximate surface area is 156 Å². The summed E-state index contributed by atoms with van der Waals surface area (Å²) < 4.78 is 10.7. The first kappa shape index (κ1) is 18.5. The second-order valence-corrected chi connectivity index (χ2v) is 6.26. The van der Waals surface area contributed by atoms with Crippen LogP contribution in [0.1, 0.15) is 29.0 Å². The van der Waals surface area contributed by atoms with Crippen LogP contribution in [0.25, 0.3) is 11.0 Å². The number of fused-ring (bicyclic) bond motifs is 1. The zero-order valence-electron chi connectivity index (χ0n) is 15.0. The van der Waals surface area contributed by atoms with Gasteiger partial charge in [-0.05, 0) is 49.1 Å². The summed E-state index contributed by atoms with van der Waals surface area (Å²) in [5.74, 6) is -0.876. The van der Waals surface area contributed by atoms with Gasteiger partial charge in [0.1, 0.15) is 17.4 Å². The van der Waals surface area contributed by atoms with Crippen molar-refractivity contribution in [2.24, 2.45) is 0 Å². The number of amides is 1. The number of ether oxygens (including phenoxy) is 1. The normalized spacial score (nSPS) is 11.9. The van der Waals surface area contributed by atoms with Crippen LogP contribution in [-0.4, -0.2) is 30.1 Å². The summed E-state index contributed by atoms with van der Waals surface area (Å²) in [6, 6.07) is 15.6. The number of rotatable bonds is 8. The van der Waals surface area contributed by atoms with Crippen molar-refractivity contribution in [3.05, 3.63) is 65.9 Å². The monoisotopic (exact) mass is 367 g/mol. The van der Waals surface area contributed by atoms with Gasteiger partial charge in [0.05, 0.1) is 7.11 Å². The van der Waals surface area contributed by atoms with Crippen LogP contribution < -0.4 is 10.1 Å². The van der Waals surface area contributed by atoms with Gasteiger partial charge in [-0.1, -0.05) is 30.3 Å². The Balaban J connectivity index is 1.63. The van der Waals surface area contributed by atoms with E-state index in [2.05, 4.69) is 5.32 Å². The van der Waals surface area contributed by atoms with E-state index in [0.29, 0.717) is 24.2 Å². The van der Waals surface area contributed by atoms with E-state index in [9.17, 15) is 14.7 Å². The first-order chi connectivity index (χ1) is 13.1. The van der Waals surface area contributed by atoms with E-state index < -0.39 is 17.9 Å². The molecule has 0 saturated carbocycles. The Kier molecular flexibility index (Phi) is 5.76. The lowest BCUT2D eigenvalue weighted by atomic mass is 10.0. The molecule has 6 nitrogen and oxygen atoms in total. The van der Waals surface area contributed by atoms with Gasteiger partial charge >= 0.3 is 5.97 Å². The quantitative estimate of drug-likeness (QED) is 0.634.